The van der Waals surface area contributed by atoms with Crippen molar-refractivity contribution in [2.24, 2.45) is 0 Å². The van der Waals surface area contributed by atoms with Crippen molar-refractivity contribution < 1.29 is 27.8 Å². The summed E-state index contributed by atoms with van der Waals surface area (Å²) in [5, 5.41) is 25.2. The van der Waals surface area contributed by atoms with Crippen LogP contribution in [-0.2, 0) is 11.0 Å². The van der Waals surface area contributed by atoms with E-state index in [1.54, 1.807) is 0 Å². The second kappa shape index (κ2) is 7.14. The predicted octanol–water partition coefficient (Wildman–Crippen LogP) is 2.63. The van der Waals surface area contributed by atoms with Gasteiger partial charge in [0.05, 0.1) is 15.4 Å². The number of hydrogen-bond acceptors (Lipinski definition) is 6. The van der Waals surface area contributed by atoms with Crippen LogP contribution in [0, 0.1) is 20.2 Å². The van der Waals surface area contributed by atoms with Crippen LogP contribution in [0.1, 0.15) is 25.3 Å². The lowest BCUT2D eigenvalue weighted by molar-refractivity contribution is -0.393. The third-order valence-corrected chi connectivity index (χ3v) is 4.01. The summed E-state index contributed by atoms with van der Waals surface area (Å²) in [6, 6.07) is 0.418. The monoisotopic (exact) mass is 376 g/mol. The highest BCUT2D eigenvalue weighted by Crippen LogP contribution is 2.43. The number of benzene rings is 1. The Morgan fingerprint density at radius 1 is 1.15 bits per heavy atom. The Balaban J connectivity index is 2.46. The van der Waals surface area contributed by atoms with Crippen LogP contribution in [0.25, 0.3) is 0 Å². The van der Waals surface area contributed by atoms with Crippen molar-refractivity contribution in [2.75, 3.05) is 18.0 Å². The van der Waals surface area contributed by atoms with Crippen molar-refractivity contribution >= 4 is 23.0 Å². The number of nitrogens with one attached hydrogen (secondary N) is 1. The molecule has 2 rings (SSSR count). The van der Waals surface area contributed by atoms with E-state index in [0.717, 1.165) is 0 Å². The molecule has 1 fully saturated rings. The van der Waals surface area contributed by atoms with Crippen molar-refractivity contribution in [1.29, 1.82) is 0 Å². The molecule has 26 heavy (non-hydrogen) atoms. The smallest absolute Gasteiger partial charge is 0.360 e. The lowest BCUT2D eigenvalue weighted by atomic mass is 10.0. The maximum absolute atomic E-state index is 12.9. The van der Waals surface area contributed by atoms with Gasteiger partial charge in [0.1, 0.15) is 0 Å². The summed E-state index contributed by atoms with van der Waals surface area (Å²) >= 11 is 0. The fourth-order valence-electron chi connectivity index (χ4n) is 2.91. The van der Waals surface area contributed by atoms with E-state index < -0.39 is 38.6 Å². The molecule has 1 heterocycles. The minimum Gasteiger partial charge on any atom is -0.360 e. The third kappa shape index (κ3) is 4.18. The molecular formula is C14H15F3N4O5. The number of hydrogen-bond donors (Lipinski definition) is 1. The Hall–Kier alpha value is -2.92. The molecule has 1 aliphatic heterocycles. The molecule has 12 heteroatoms. The standard InChI is InChI=1S/C14H15F3N4O5/c1-8(22)18-10-2-4-19(5-3-10)13-11(20(23)24)6-9(14(15,16)17)7-12(13)21(25)26/h6-7,10H,2-5H2,1H3,(H,18,22). The normalized spacial score (nSPS) is 15.6. The van der Waals surface area contributed by atoms with Crippen LogP contribution >= 0.6 is 0 Å². The molecule has 0 spiro atoms. The van der Waals surface area contributed by atoms with Crippen molar-refractivity contribution in [3.63, 3.8) is 0 Å². The Labute approximate surface area is 145 Å². The average molecular weight is 376 g/mol. The molecule has 0 aliphatic carbocycles. The van der Waals surface area contributed by atoms with Crippen LogP contribution in [0.4, 0.5) is 30.2 Å². The molecule has 1 saturated heterocycles. The van der Waals surface area contributed by atoms with Gasteiger partial charge in [-0.3, -0.25) is 25.0 Å². The first-order chi connectivity index (χ1) is 12.0. The van der Waals surface area contributed by atoms with Gasteiger partial charge in [-0.1, -0.05) is 0 Å². The first-order valence-corrected chi connectivity index (χ1v) is 7.56. The number of carbonyl (C=O) groups is 1. The first kappa shape index (κ1) is 19.4. The summed E-state index contributed by atoms with van der Waals surface area (Å²) in [6.45, 7) is 1.58. The first-order valence-electron chi connectivity index (χ1n) is 7.56. The van der Waals surface area contributed by atoms with E-state index in [1.165, 1.54) is 11.8 Å². The third-order valence-electron chi connectivity index (χ3n) is 4.01. The molecule has 1 aromatic rings. The molecule has 0 unspecified atom stereocenters. The molecular weight excluding hydrogens is 361 g/mol. The highest BCUT2D eigenvalue weighted by molar-refractivity contribution is 5.77. The zero-order valence-electron chi connectivity index (χ0n) is 13.6. The molecule has 142 valence electrons. The quantitative estimate of drug-likeness (QED) is 0.637. The molecule has 1 aliphatic rings. The predicted molar refractivity (Wildman–Crippen MR) is 83.8 cm³/mol. The molecule has 9 nitrogen and oxygen atoms in total. The van der Waals surface area contributed by atoms with Crippen LogP contribution in [-0.4, -0.2) is 34.9 Å². The van der Waals surface area contributed by atoms with E-state index in [-0.39, 0.29) is 25.0 Å². The van der Waals surface area contributed by atoms with E-state index >= 15 is 0 Å². The van der Waals surface area contributed by atoms with Crippen LogP contribution < -0.4 is 10.2 Å². The van der Waals surface area contributed by atoms with Gasteiger partial charge in [-0.2, -0.15) is 13.2 Å². The van der Waals surface area contributed by atoms with Crippen LogP contribution in [0.5, 0.6) is 0 Å². The van der Waals surface area contributed by atoms with Gasteiger partial charge in [0, 0.05) is 38.2 Å². The van der Waals surface area contributed by atoms with Crippen molar-refractivity contribution in [1.82, 2.24) is 5.32 Å². The zero-order valence-corrected chi connectivity index (χ0v) is 13.6. The van der Waals surface area contributed by atoms with E-state index in [1.807, 2.05) is 0 Å². The molecule has 0 aromatic heterocycles. The van der Waals surface area contributed by atoms with E-state index in [9.17, 15) is 38.2 Å². The molecule has 1 aromatic carbocycles. The minimum atomic E-state index is -4.95. The highest BCUT2D eigenvalue weighted by atomic mass is 19.4. The average Bonchev–Trinajstić information content (AvgIpc) is 2.52. The van der Waals surface area contributed by atoms with Gasteiger partial charge in [-0.25, -0.2) is 0 Å². The van der Waals surface area contributed by atoms with Gasteiger partial charge >= 0.3 is 6.18 Å². The van der Waals surface area contributed by atoms with E-state index in [2.05, 4.69) is 5.32 Å². The highest BCUT2D eigenvalue weighted by Gasteiger charge is 2.39. The number of nitrogens with zero attached hydrogens (tertiary/aromatic N) is 3. The maximum Gasteiger partial charge on any atom is 0.416 e. The number of carbonyl (C=O) groups excluding carboxylic acids is 1. The summed E-state index contributed by atoms with van der Waals surface area (Å²) in [6.07, 6.45) is -4.24. The number of piperidine rings is 1. The SMILES string of the molecule is CC(=O)NC1CCN(c2c([N+](=O)[O-])cc(C(F)(F)F)cc2[N+](=O)[O-])CC1. The summed E-state index contributed by atoms with van der Waals surface area (Å²) in [5.74, 6) is -0.255. The molecule has 0 bridgehead atoms. The summed E-state index contributed by atoms with van der Waals surface area (Å²) < 4.78 is 38.8. The van der Waals surface area contributed by atoms with E-state index in [4.69, 9.17) is 0 Å². The summed E-state index contributed by atoms with van der Waals surface area (Å²) in [4.78, 5) is 32.8. The van der Waals surface area contributed by atoms with Gasteiger partial charge in [0.15, 0.2) is 5.69 Å². The van der Waals surface area contributed by atoms with Gasteiger partial charge in [-0.15, -0.1) is 0 Å². The van der Waals surface area contributed by atoms with Crippen LogP contribution in [0.15, 0.2) is 12.1 Å². The Morgan fingerprint density at radius 3 is 1.96 bits per heavy atom. The zero-order chi connectivity index (χ0) is 19.6. The van der Waals surface area contributed by atoms with Crippen molar-refractivity contribution in [2.45, 2.75) is 32.0 Å². The van der Waals surface area contributed by atoms with Crippen LogP contribution in [0.2, 0.25) is 0 Å². The Bertz CT molecular complexity index is 710. The van der Waals surface area contributed by atoms with Crippen LogP contribution in [0.3, 0.4) is 0 Å². The minimum absolute atomic E-state index is 0.123. The summed E-state index contributed by atoms with van der Waals surface area (Å²) in [7, 11) is 0. The Kier molecular flexibility index (Phi) is 5.33. The van der Waals surface area contributed by atoms with Gasteiger partial charge in [-0.05, 0) is 12.8 Å². The van der Waals surface area contributed by atoms with Gasteiger partial charge in [0.2, 0.25) is 5.91 Å². The fourth-order valence-corrected chi connectivity index (χ4v) is 2.91. The number of halogens is 3. The topological polar surface area (TPSA) is 119 Å². The molecule has 0 atom stereocenters. The second-order valence-electron chi connectivity index (χ2n) is 5.84. The lowest BCUT2D eigenvalue weighted by Crippen LogP contribution is -2.44. The van der Waals surface area contributed by atoms with E-state index in [0.29, 0.717) is 25.0 Å². The van der Waals surface area contributed by atoms with Crippen molar-refractivity contribution in [3.8, 4) is 0 Å². The molecule has 1 amide bonds. The van der Waals surface area contributed by atoms with Gasteiger partial charge in [0.25, 0.3) is 11.4 Å². The number of nitro groups is 2. The maximum atomic E-state index is 12.9. The number of alkyl halides is 3. The number of nitro benzene ring substituents is 2. The lowest BCUT2D eigenvalue weighted by Gasteiger charge is -2.33. The molecule has 0 radical (unpaired) electrons. The molecule has 0 saturated carbocycles. The molecule has 1 N–H and O–H groups in total. The number of rotatable bonds is 4. The van der Waals surface area contributed by atoms with Crippen molar-refractivity contribution in [3.05, 3.63) is 37.9 Å². The Morgan fingerprint density at radius 2 is 1.62 bits per heavy atom. The number of anilines is 1. The largest absolute Gasteiger partial charge is 0.416 e. The number of amides is 1. The van der Waals surface area contributed by atoms with Gasteiger partial charge < -0.3 is 10.2 Å². The summed E-state index contributed by atoms with van der Waals surface area (Å²) in [5.41, 5.74) is -3.84. The second-order valence-corrected chi connectivity index (χ2v) is 5.84. The fraction of sp³-hybridized carbons (Fsp3) is 0.500.